The van der Waals surface area contributed by atoms with Crippen molar-refractivity contribution in [2.24, 2.45) is 16.6 Å². The van der Waals surface area contributed by atoms with Gasteiger partial charge >= 0.3 is 0 Å². The quantitative estimate of drug-likeness (QED) is 0.484. The van der Waals surface area contributed by atoms with E-state index in [2.05, 4.69) is 22.9 Å². The number of thiophene rings is 1. The molecule has 4 rings (SSSR count). The van der Waals surface area contributed by atoms with E-state index in [4.69, 9.17) is 5.73 Å². The van der Waals surface area contributed by atoms with Gasteiger partial charge in [0.1, 0.15) is 18.3 Å². The SMILES string of the molecule is CCCC1=C2c3cc(C(=O)CC[C@H](CN)Cc4ccc(F)cc4F)sc3CCCN2CN=C1. The number of benzene rings is 1. The average molecular weight is 472 g/mol. The second kappa shape index (κ2) is 10.7. The Morgan fingerprint density at radius 2 is 2.15 bits per heavy atom. The van der Waals surface area contributed by atoms with Crippen LogP contribution in [0.3, 0.4) is 0 Å². The predicted octanol–water partition coefficient (Wildman–Crippen LogP) is 5.61. The van der Waals surface area contributed by atoms with Crippen molar-refractivity contribution in [2.75, 3.05) is 19.8 Å². The van der Waals surface area contributed by atoms with Crippen molar-refractivity contribution < 1.29 is 13.6 Å². The van der Waals surface area contributed by atoms with E-state index < -0.39 is 11.6 Å². The number of rotatable bonds is 9. The second-order valence-electron chi connectivity index (χ2n) is 8.89. The largest absolute Gasteiger partial charge is 0.351 e. The van der Waals surface area contributed by atoms with Gasteiger partial charge in [-0.25, -0.2) is 8.78 Å². The Balaban J connectivity index is 1.48. The number of halogens is 2. The third-order valence-corrected chi connectivity index (χ3v) is 7.68. The number of aliphatic imine (C=N–C) groups is 1. The topological polar surface area (TPSA) is 58.7 Å². The highest BCUT2D eigenvalue weighted by molar-refractivity contribution is 7.14. The molecular formula is C26H31F2N3OS. The number of carbonyl (C=O) groups is 1. The molecule has 0 saturated carbocycles. The monoisotopic (exact) mass is 471 g/mol. The molecule has 0 amide bonds. The lowest BCUT2D eigenvalue weighted by molar-refractivity contribution is 0.0978. The van der Waals surface area contributed by atoms with Crippen molar-refractivity contribution >= 4 is 29.0 Å². The van der Waals surface area contributed by atoms with Crippen LogP contribution in [0, 0.1) is 17.6 Å². The number of fused-ring (bicyclic) bond motifs is 3. The molecule has 0 unspecified atom stereocenters. The molecule has 0 fully saturated rings. The van der Waals surface area contributed by atoms with Crippen LogP contribution in [0.2, 0.25) is 0 Å². The minimum Gasteiger partial charge on any atom is -0.351 e. The number of ketones is 1. The average Bonchev–Trinajstić information content (AvgIpc) is 3.14. The molecule has 0 spiro atoms. The maximum absolute atomic E-state index is 14.0. The van der Waals surface area contributed by atoms with Crippen LogP contribution in [0.4, 0.5) is 8.78 Å². The smallest absolute Gasteiger partial charge is 0.172 e. The number of carbonyl (C=O) groups excluding carboxylic acids is 1. The summed E-state index contributed by atoms with van der Waals surface area (Å²) in [6.07, 6.45) is 7.42. The molecular weight excluding hydrogens is 440 g/mol. The molecule has 33 heavy (non-hydrogen) atoms. The maximum atomic E-state index is 14.0. The molecule has 4 nitrogen and oxygen atoms in total. The van der Waals surface area contributed by atoms with Gasteiger partial charge in [0.15, 0.2) is 5.78 Å². The van der Waals surface area contributed by atoms with Crippen molar-refractivity contribution in [3.05, 3.63) is 62.4 Å². The van der Waals surface area contributed by atoms with E-state index in [-0.39, 0.29) is 11.7 Å². The number of Topliss-reactive ketones (excluding diaryl/α,β-unsaturated/α-hetero) is 1. The van der Waals surface area contributed by atoms with E-state index in [1.807, 2.05) is 6.21 Å². The summed E-state index contributed by atoms with van der Waals surface area (Å²) in [6.45, 7) is 4.20. The highest BCUT2D eigenvalue weighted by Crippen LogP contribution is 2.38. The van der Waals surface area contributed by atoms with Gasteiger partial charge in [0.2, 0.25) is 0 Å². The highest BCUT2D eigenvalue weighted by atomic mass is 32.1. The van der Waals surface area contributed by atoms with Gasteiger partial charge in [-0.1, -0.05) is 19.4 Å². The van der Waals surface area contributed by atoms with Crippen molar-refractivity contribution in [1.29, 1.82) is 0 Å². The van der Waals surface area contributed by atoms with Crippen LogP contribution >= 0.6 is 11.3 Å². The molecule has 1 aromatic carbocycles. The zero-order valence-corrected chi connectivity index (χ0v) is 19.9. The van der Waals surface area contributed by atoms with Gasteiger partial charge in [0, 0.05) is 35.7 Å². The Bertz CT molecular complexity index is 1080. The Morgan fingerprint density at radius 1 is 1.30 bits per heavy atom. The van der Waals surface area contributed by atoms with Gasteiger partial charge in [0.25, 0.3) is 0 Å². The van der Waals surface area contributed by atoms with E-state index in [0.29, 0.717) is 38.0 Å². The molecule has 1 atom stereocenters. The first kappa shape index (κ1) is 23.8. The Labute approximate surface area is 198 Å². The van der Waals surface area contributed by atoms with Crippen molar-refractivity contribution in [2.45, 2.75) is 51.9 Å². The fraction of sp³-hybridized carbons (Fsp3) is 0.462. The first-order valence-electron chi connectivity index (χ1n) is 11.8. The Kier molecular flexibility index (Phi) is 7.71. The molecule has 0 aliphatic carbocycles. The predicted molar refractivity (Wildman–Crippen MR) is 131 cm³/mol. The van der Waals surface area contributed by atoms with Crippen LogP contribution in [0.5, 0.6) is 0 Å². The maximum Gasteiger partial charge on any atom is 0.172 e. The summed E-state index contributed by atoms with van der Waals surface area (Å²) < 4.78 is 27.2. The van der Waals surface area contributed by atoms with Crippen molar-refractivity contribution in [1.82, 2.24) is 4.90 Å². The lowest BCUT2D eigenvalue weighted by atomic mass is 9.93. The van der Waals surface area contributed by atoms with Gasteiger partial charge in [-0.3, -0.25) is 9.79 Å². The lowest BCUT2D eigenvalue weighted by Gasteiger charge is -2.29. The van der Waals surface area contributed by atoms with Crippen LogP contribution < -0.4 is 5.73 Å². The van der Waals surface area contributed by atoms with Gasteiger partial charge in [-0.05, 0) is 67.8 Å². The van der Waals surface area contributed by atoms with Crippen molar-refractivity contribution in [3.63, 3.8) is 0 Å². The van der Waals surface area contributed by atoms with Crippen LogP contribution in [0.1, 0.15) is 64.7 Å². The van der Waals surface area contributed by atoms with E-state index in [1.165, 1.54) is 33.8 Å². The molecule has 0 bridgehead atoms. The number of allylic oxidation sites excluding steroid dienone is 1. The molecule has 1 aromatic heterocycles. The molecule has 2 aliphatic rings. The first-order valence-corrected chi connectivity index (χ1v) is 12.6. The van der Waals surface area contributed by atoms with Crippen LogP contribution in [0.15, 0.2) is 34.8 Å². The van der Waals surface area contributed by atoms with Crippen molar-refractivity contribution in [3.8, 4) is 0 Å². The van der Waals surface area contributed by atoms with Crippen LogP contribution in [-0.4, -0.2) is 36.7 Å². The third-order valence-electron chi connectivity index (χ3n) is 6.45. The van der Waals surface area contributed by atoms with Gasteiger partial charge < -0.3 is 10.6 Å². The molecule has 3 heterocycles. The molecule has 2 aromatic rings. The summed E-state index contributed by atoms with van der Waals surface area (Å²) >= 11 is 1.61. The summed E-state index contributed by atoms with van der Waals surface area (Å²) in [4.78, 5) is 22.0. The zero-order chi connectivity index (χ0) is 23.4. The highest BCUT2D eigenvalue weighted by Gasteiger charge is 2.27. The molecule has 2 N–H and O–H groups in total. The van der Waals surface area contributed by atoms with Gasteiger partial charge in [-0.2, -0.15) is 0 Å². The molecule has 2 aliphatic heterocycles. The number of hydrogen-bond acceptors (Lipinski definition) is 5. The Morgan fingerprint density at radius 3 is 2.91 bits per heavy atom. The fourth-order valence-corrected chi connectivity index (χ4v) is 5.88. The van der Waals surface area contributed by atoms with Gasteiger partial charge in [-0.15, -0.1) is 11.3 Å². The number of aryl methyl sites for hydroxylation is 1. The summed E-state index contributed by atoms with van der Waals surface area (Å²) in [5.41, 5.74) is 10.1. The van der Waals surface area contributed by atoms with E-state index in [1.54, 1.807) is 11.3 Å². The molecule has 0 radical (unpaired) electrons. The fourth-order valence-electron chi connectivity index (χ4n) is 4.71. The molecule has 176 valence electrons. The minimum atomic E-state index is -0.590. The van der Waals surface area contributed by atoms with Crippen LogP contribution in [0.25, 0.3) is 5.70 Å². The first-order chi connectivity index (χ1) is 16.0. The Hall–Kier alpha value is -2.38. The number of hydrogen-bond donors (Lipinski definition) is 1. The number of nitrogens with two attached hydrogens (primary N) is 1. The zero-order valence-electron chi connectivity index (χ0n) is 19.1. The van der Waals surface area contributed by atoms with E-state index >= 15 is 0 Å². The minimum absolute atomic E-state index is 0.0318. The van der Waals surface area contributed by atoms with E-state index in [0.717, 1.165) is 43.2 Å². The summed E-state index contributed by atoms with van der Waals surface area (Å²) in [5, 5.41) is 0. The van der Waals surface area contributed by atoms with Gasteiger partial charge in [0.05, 0.1) is 10.6 Å². The second-order valence-corrected chi connectivity index (χ2v) is 10.0. The number of nitrogens with zero attached hydrogens (tertiary/aromatic N) is 2. The molecule has 7 heteroatoms. The van der Waals surface area contributed by atoms with Crippen LogP contribution in [-0.2, 0) is 12.8 Å². The standard InChI is InChI=1S/C26H31F2N3OS/c1-2-4-19-15-30-16-31-10-3-5-24-21(26(19)31)13-25(33-24)23(32)9-6-17(14-29)11-18-7-8-20(27)12-22(18)28/h7-8,12-13,15,17H,2-6,9-11,14,16,29H2,1H3/t17-/m0/s1. The lowest BCUT2D eigenvalue weighted by Crippen LogP contribution is -2.26. The van der Waals surface area contributed by atoms with E-state index in [9.17, 15) is 13.6 Å². The summed E-state index contributed by atoms with van der Waals surface area (Å²) in [6, 6.07) is 5.69. The molecule has 0 saturated heterocycles. The summed E-state index contributed by atoms with van der Waals surface area (Å²) in [7, 11) is 0. The normalized spacial score (nSPS) is 16.4. The summed E-state index contributed by atoms with van der Waals surface area (Å²) in [5.74, 6) is -1.07. The third kappa shape index (κ3) is 5.41.